The molecule has 0 saturated carbocycles. The van der Waals surface area contributed by atoms with Crippen LogP contribution >= 0.6 is 0 Å². The van der Waals surface area contributed by atoms with Gasteiger partial charge in [0.05, 0.1) is 19.2 Å². The fourth-order valence-electron chi connectivity index (χ4n) is 4.59. The van der Waals surface area contributed by atoms with E-state index in [2.05, 4.69) is 47.8 Å². The lowest BCUT2D eigenvalue weighted by Gasteiger charge is -2.29. The minimum Gasteiger partial charge on any atom is -0.376 e. The van der Waals surface area contributed by atoms with E-state index in [-0.39, 0.29) is 12.0 Å². The molecule has 0 bridgehead atoms. The van der Waals surface area contributed by atoms with Gasteiger partial charge < -0.3 is 15.0 Å². The van der Waals surface area contributed by atoms with Gasteiger partial charge in [0.25, 0.3) is 5.91 Å². The highest BCUT2D eigenvalue weighted by Crippen LogP contribution is 2.17. The van der Waals surface area contributed by atoms with E-state index < -0.39 is 0 Å². The zero-order valence-electron chi connectivity index (χ0n) is 17.2. The molecule has 2 aromatic carbocycles. The number of quaternary nitrogens is 1. The predicted molar refractivity (Wildman–Crippen MR) is 115 cm³/mol. The summed E-state index contributed by atoms with van der Waals surface area (Å²) in [7, 11) is 0. The fourth-order valence-corrected chi connectivity index (χ4v) is 4.59. The molecule has 4 heteroatoms. The van der Waals surface area contributed by atoms with Crippen LogP contribution in [0.15, 0.2) is 54.6 Å². The maximum absolute atomic E-state index is 12.3. The molecule has 2 aliphatic rings. The van der Waals surface area contributed by atoms with Gasteiger partial charge in [-0.05, 0) is 55.7 Å². The number of ether oxygens (including phenoxy) is 1. The summed E-state index contributed by atoms with van der Waals surface area (Å²) in [6.45, 7) is 4.96. The Kier molecular flexibility index (Phi) is 6.96. The summed E-state index contributed by atoms with van der Waals surface area (Å²) in [6, 6.07) is 19.0. The average molecular weight is 394 g/mol. The van der Waals surface area contributed by atoms with Gasteiger partial charge in [-0.25, -0.2) is 0 Å². The van der Waals surface area contributed by atoms with Crippen molar-refractivity contribution in [2.75, 3.05) is 26.2 Å². The molecule has 2 fully saturated rings. The van der Waals surface area contributed by atoms with Crippen LogP contribution in [0.25, 0.3) is 0 Å². The second kappa shape index (κ2) is 10.0. The number of hydrogen-bond donors (Lipinski definition) is 2. The Morgan fingerprint density at radius 3 is 2.41 bits per heavy atom. The third kappa shape index (κ3) is 5.91. The standard InChI is InChI=1S/C25H32N2O2/c28-25(26-18-24-7-4-16-29-24)23-10-8-22(9-11-23)19-27-14-12-21(13-15-27)17-20-5-2-1-3-6-20/h1-3,5-6,8-11,21,24H,4,7,12-19H2,(H,26,28)/p+1/t24-/m1/s1. The van der Waals surface area contributed by atoms with Crippen molar-refractivity contribution in [2.24, 2.45) is 5.92 Å². The van der Waals surface area contributed by atoms with E-state index in [0.29, 0.717) is 6.54 Å². The summed E-state index contributed by atoms with van der Waals surface area (Å²) in [4.78, 5) is 14.0. The van der Waals surface area contributed by atoms with E-state index in [1.807, 2.05) is 12.1 Å². The molecule has 1 amide bonds. The molecule has 0 aromatic heterocycles. The van der Waals surface area contributed by atoms with E-state index in [4.69, 9.17) is 4.74 Å². The van der Waals surface area contributed by atoms with Crippen LogP contribution in [0.1, 0.15) is 47.2 Å². The highest BCUT2D eigenvalue weighted by Gasteiger charge is 2.22. The summed E-state index contributed by atoms with van der Waals surface area (Å²) < 4.78 is 5.57. The highest BCUT2D eigenvalue weighted by molar-refractivity contribution is 5.94. The number of carbonyl (C=O) groups excluding carboxylic acids is 1. The Morgan fingerprint density at radius 2 is 1.72 bits per heavy atom. The van der Waals surface area contributed by atoms with Crippen molar-refractivity contribution in [1.82, 2.24) is 5.32 Å². The third-order valence-electron chi connectivity index (χ3n) is 6.36. The van der Waals surface area contributed by atoms with E-state index in [9.17, 15) is 4.79 Å². The monoisotopic (exact) mass is 393 g/mol. The first-order chi connectivity index (χ1) is 14.3. The molecule has 0 aliphatic carbocycles. The molecule has 29 heavy (non-hydrogen) atoms. The molecule has 4 rings (SSSR count). The second-order valence-corrected chi connectivity index (χ2v) is 8.60. The van der Waals surface area contributed by atoms with E-state index in [1.165, 1.54) is 43.5 Å². The Balaban J connectivity index is 1.20. The SMILES string of the molecule is O=C(NC[C@H]1CCCO1)c1ccc(C[NH+]2CCC(Cc3ccccc3)CC2)cc1. The van der Waals surface area contributed by atoms with Crippen LogP contribution in [0, 0.1) is 5.92 Å². The van der Waals surface area contributed by atoms with Crippen LogP contribution in [-0.2, 0) is 17.7 Å². The van der Waals surface area contributed by atoms with E-state index in [1.54, 1.807) is 4.90 Å². The van der Waals surface area contributed by atoms with Gasteiger partial charge in [0.1, 0.15) is 6.54 Å². The van der Waals surface area contributed by atoms with Gasteiger partial charge in [-0.2, -0.15) is 0 Å². The van der Waals surface area contributed by atoms with Crippen LogP contribution in [0.5, 0.6) is 0 Å². The van der Waals surface area contributed by atoms with E-state index >= 15 is 0 Å². The number of carbonyl (C=O) groups is 1. The normalized spacial score (nSPS) is 24.3. The first-order valence-electron chi connectivity index (χ1n) is 11.1. The van der Waals surface area contributed by atoms with Gasteiger partial charge in [0.15, 0.2) is 0 Å². The lowest BCUT2D eigenvalue weighted by atomic mass is 9.90. The van der Waals surface area contributed by atoms with Gasteiger partial charge in [0.2, 0.25) is 0 Å². The summed E-state index contributed by atoms with van der Waals surface area (Å²) >= 11 is 0. The molecule has 2 heterocycles. The summed E-state index contributed by atoms with van der Waals surface area (Å²) in [5.41, 5.74) is 3.52. The largest absolute Gasteiger partial charge is 0.376 e. The Morgan fingerprint density at radius 1 is 0.966 bits per heavy atom. The van der Waals surface area contributed by atoms with Gasteiger partial charge in [0, 0.05) is 24.3 Å². The van der Waals surface area contributed by atoms with Crippen molar-refractivity contribution in [3.63, 3.8) is 0 Å². The molecular weight excluding hydrogens is 360 g/mol. The van der Waals surface area contributed by atoms with Gasteiger partial charge in [-0.3, -0.25) is 4.79 Å². The summed E-state index contributed by atoms with van der Waals surface area (Å²) in [6.07, 6.45) is 6.14. The zero-order valence-corrected chi connectivity index (χ0v) is 17.2. The Labute approximate surface area is 174 Å². The van der Waals surface area contributed by atoms with Crippen molar-refractivity contribution >= 4 is 5.91 Å². The molecule has 0 spiro atoms. The molecule has 2 aliphatic heterocycles. The Hall–Kier alpha value is -2.17. The lowest BCUT2D eigenvalue weighted by molar-refractivity contribution is -0.919. The molecular formula is C25H33N2O2+. The number of rotatable bonds is 7. The van der Waals surface area contributed by atoms with Crippen molar-refractivity contribution in [3.05, 3.63) is 71.3 Å². The van der Waals surface area contributed by atoms with Crippen molar-refractivity contribution < 1.29 is 14.4 Å². The summed E-state index contributed by atoms with van der Waals surface area (Å²) in [5, 5.41) is 3.00. The third-order valence-corrected chi connectivity index (χ3v) is 6.36. The van der Waals surface area contributed by atoms with Gasteiger partial charge in [-0.15, -0.1) is 0 Å². The maximum Gasteiger partial charge on any atom is 0.251 e. The number of amides is 1. The molecule has 2 aromatic rings. The molecule has 4 nitrogen and oxygen atoms in total. The van der Waals surface area contributed by atoms with E-state index in [0.717, 1.165) is 37.5 Å². The smallest absolute Gasteiger partial charge is 0.251 e. The lowest BCUT2D eigenvalue weighted by Crippen LogP contribution is -3.11. The minimum atomic E-state index is 0.00104. The number of nitrogens with one attached hydrogen (secondary N) is 2. The predicted octanol–water partition coefficient (Wildman–Crippen LogP) is 2.63. The van der Waals surface area contributed by atoms with Gasteiger partial charge in [-0.1, -0.05) is 42.5 Å². The van der Waals surface area contributed by atoms with Crippen molar-refractivity contribution in [1.29, 1.82) is 0 Å². The van der Waals surface area contributed by atoms with Crippen LogP contribution in [-0.4, -0.2) is 38.3 Å². The first-order valence-corrected chi connectivity index (χ1v) is 11.1. The second-order valence-electron chi connectivity index (χ2n) is 8.60. The molecule has 1 atom stereocenters. The van der Waals surface area contributed by atoms with Crippen molar-refractivity contribution in [3.8, 4) is 0 Å². The molecule has 154 valence electrons. The van der Waals surface area contributed by atoms with Crippen molar-refractivity contribution in [2.45, 2.75) is 44.8 Å². The number of piperidine rings is 1. The van der Waals surface area contributed by atoms with Gasteiger partial charge >= 0.3 is 0 Å². The highest BCUT2D eigenvalue weighted by atomic mass is 16.5. The fraction of sp³-hybridized carbons (Fsp3) is 0.480. The van der Waals surface area contributed by atoms with Crippen LogP contribution in [0.4, 0.5) is 0 Å². The number of hydrogen-bond acceptors (Lipinski definition) is 2. The molecule has 0 radical (unpaired) electrons. The topological polar surface area (TPSA) is 42.8 Å². The molecule has 0 unspecified atom stereocenters. The molecule has 2 saturated heterocycles. The van der Waals surface area contributed by atoms with Crippen LogP contribution < -0.4 is 10.2 Å². The number of benzene rings is 2. The Bertz CT molecular complexity index is 761. The van der Waals surface area contributed by atoms with Crippen LogP contribution in [0.2, 0.25) is 0 Å². The number of likely N-dealkylation sites (tertiary alicyclic amines) is 1. The maximum atomic E-state index is 12.3. The van der Waals surface area contributed by atoms with Crippen LogP contribution in [0.3, 0.4) is 0 Å². The molecule has 2 N–H and O–H groups in total. The minimum absolute atomic E-state index is 0.00104. The quantitative estimate of drug-likeness (QED) is 0.759. The zero-order chi connectivity index (χ0) is 19.9. The summed E-state index contributed by atoms with van der Waals surface area (Å²) in [5.74, 6) is 0.817. The first kappa shape index (κ1) is 20.1. The average Bonchev–Trinajstić information content (AvgIpc) is 3.28.